The summed E-state index contributed by atoms with van der Waals surface area (Å²) in [6, 6.07) is 1.94. The highest BCUT2D eigenvalue weighted by molar-refractivity contribution is 7.85. The van der Waals surface area contributed by atoms with Crippen LogP contribution in [0.4, 0.5) is 14.5 Å². The Morgan fingerprint density at radius 1 is 1.37 bits per heavy atom. The summed E-state index contributed by atoms with van der Waals surface area (Å²) in [4.78, 5) is 3.59. The predicted molar refractivity (Wildman–Crippen MR) is 69.0 cm³/mol. The van der Waals surface area contributed by atoms with Crippen molar-refractivity contribution in [2.75, 3.05) is 11.5 Å². The lowest BCUT2D eigenvalue weighted by molar-refractivity contribution is 0.535. The summed E-state index contributed by atoms with van der Waals surface area (Å²) in [5.41, 5.74) is 5.28. The van der Waals surface area contributed by atoms with Crippen LogP contribution in [0.3, 0.4) is 0 Å². The van der Waals surface area contributed by atoms with E-state index in [1.54, 1.807) is 23.9 Å². The van der Waals surface area contributed by atoms with Crippen molar-refractivity contribution in [3.05, 3.63) is 42.0 Å². The van der Waals surface area contributed by atoms with Gasteiger partial charge in [0.05, 0.1) is 10.8 Å². The molecule has 1 aromatic heterocycles. The summed E-state index contributed by atoms with van der Waals surface area (Å²) in [7, 11) is -1.76. The van der Waals surface area contributed by atoms with Gasteiger partial charge >= 0.3 is 0 Å². The average Bonchev–Trinajstić information content (AvgIpc) is 2.70. The maximum Gasteiger partial charge on any atom is 0.144 e. The van der Waals surface area contributed by atoms with Crippen molar-refractivity contribution in [1.29, 1.82) is 0 Å². The predicted octanol–water partition coefficient (Wildman–Crippen LogP) is 1.86. The van der Waals surface area contributed by atoms with Crippen molar-refractivity contribution in [3.63, 3.8) is 0 Å². The number of hydrogen-bond acceptors (Lipinski definition) is 3. The largest absolute Gasteiger partial charge is 0.399 e. The summed E-state index contributed by atoms with van der Waals surface area (Å²) < 4.78 is 40.9. The fraction of sp³-hybridized carbons (Fsp3) is 0.250. The molecule has 0 aliphatic heterocycles. The Balaban J connectivity index is 2.15. The topological polar surface area (TPSA) is 60.9 Å². The Labute approximate surface area is 111 Å². The molecule has 0 aliphatic carbocycles. The monoisotopic (exact) mass is 285 g/mol. The number of aromatic nitrogens is 2. The maximum atomic E-state index is 13.6. The molecule has 2 rings (SSSR count). The van der Waals surface area contributed by atoms with Crippen LogP contribution in [-0.4, -0.2) is 19.5 Å². The van der Waals surface area contributed by atoms with E-state index in [0.29, 0.717) is 6.54 Å². The highest BCUT2D eigenvalue weighted by Gasteiger charge is 2.17. The molecule has 0 saturated carbocycles. The Kier molecular flexibility index (Phi) is 3.94. The van der Waals surface area contributed by atoms with Crippen molar-refractivity contribution in [1.82, 2.24) is 9.55 Å². The number of hydrogen-bond donors (Lipinski definition) is 1. The van der Waals surface area contributed by atoms with Crippen molar-refractivity contribution >= 4 is 16.5 Å². The standard InChI is InChI=1S/C12H13F2N3OS/c1-8-16-2-3-17(8)4-5-19(18)12-10(13)6-9(15)7-11(12)14/h2-3,6-7H,4-5,15H2,1H3. The molecule has 0 radical (unpaired) electrons. The SMILES string of the molecule is Cc1nccn1CCS(=O)c1c(F)cc(N)cc1F. The van der Waals surface area contributed by atoms with Crippen LogP contribution in [0.25, 0.3) is 0 Å². The van der Waals surface area contributed by atoms with Crippen molar-refractivity contribution in [3.8, 4) is 0 Å². The molecule has 2 N–H and O–H groups in total. The molecule has 102 valence electrons. The fourth-order valence-corrected chi connectivity index (χ4v) is 2.84. The molecule has 0 bridgehead atoms. The van der Waals surface area contributed by atoms with Gasteiger partial charge in [0.15, 0.2) is 0 Å². The molecule has 1 heterocycles. The average molecular weight is 285 g/mol. The first-order chi connectivity index (χ1) is 8.99. The van der Waals surface area contributed by atoms with E-state index < -0.39 is 27.3 Å². The van der Waals surface area contributed by atoms with Gasteiger partial charge in [-0.1, -0.05) is 0 Å². The number of rotatable bonds is 4. The van der Waals surface area contributed by atoms with Crippen LogP contribution < -0.4 is 5.73 Å². The summed E-state index contributed by atoms with van der Waals surface area (Å²) >= 11 is 0. The Hall–Kier alpha value is -1.76. The van der Waals surface area contributed by atoms with E-state index in [4.69, 9.17) is 5.73 Å². The molecule has 1 aromatic carbocycles. The normalized spacial score (nSPS) is 12.6. The second-order valence-electron chi connectivity index (χ2n) is 4.03. The molecule has 1 unspecified atom stereocenters. The number of nitrogens with zero attached hydrogens (tertiary/aromatic N) is 2. The van der Waals surface area contributed by atoms with Gasteiger partial charge in [-0.05, 0) is 19.1 Å². The van der Waals surface area contributed by atoms with Gasteiger partial charge in [0.2, 0.25) is 0 Å². The first-order valence-corrected chi connectivity index (χ1v) is 6.91. The third-order valence-electron chi connectivity index (χ3n) is 2.69. The summed E-state index contributed by atoms with van der Waals surface area (Å²) in [5.74, 6) is -0.888. The number of anilines is 1. The minimum atomic E-state index is -1.76. The molecule has 7 heteroatoms. The van der Waals surface area contributed by atoms with Gasteiger partial charge in [-0.2, -0.15) is 0 Å². The van der Waals surface area contributed by atoms with Crippen molar-refractivity contribution in [2.24, 2.45) is 0 Å². The Morgan fingerprint density at radius 3 is 2.53 bits per heavy atom. The number of aryl methyl sites for hydroxylation is 2. The highest BCUT2D eigenvalue weighted by Crippen LogP contribution is 2.20. The maximum absolute atomic E-state index is 13.6. The molecule has 0 fully saturated rings. The number of nitrogen functional groups attached to an aromatic ring is 1. The number of nitrogens with two attached hydrogens (primary N) is 1. The van der Waals surface area contributed by atoms with E-state index in [2.05, 4.69) is 4.98 Å². The summed E-state index contributed by atoms with van der Waals surface area (Å²) in [6.45, 7) is 2.18. The highest BCUT2D eigenvalue weighted by atomic mass is 32.2. The smallest absolute Gasteiger partial charge is 0.144 e. The quantitative estimate of drug-likeness (QED) is 0.872. The minimum Gasteiger partial charge on any atom is -0.399 e. The first kappa shape index (κ1) is 13.7. The molecule has 0 amide bonds. The zero-order valence-corrected chi connectivity index (χ0v) is 11.1. The zero-order valence-electron chi connectivity index (χ0n) is 10.3. The fourth-order valence-electron chi connectivity index (χ4n) is 1.72. The van der Waals surface area contributed by atoms with E-state index in [9.17, 15) is 13.0 Å². The number of imidazole rings is 1. The second kappa shape index (κ2) is 5.48. The number of halogens is 2. The van der Waals surface area contributed by atoms with Gasteiger partial charge in [0.25, 0.3) is 0 Å². The van der Waals surface area contributed by atoms with Crippen LogP contribution in [-0.2, 0) is 17.3 Å². The van der Waals surface area contributed by atoms with Crippen LogP contribution in [0.1, 0.15) is 5.82 Å². The van der Waals surface area contributed by atoms with E-state index in [0.717, 1.165) is 18.0 Å². The van der Waals surface area contributed by atoms with Crippen LogP contribution >= 0.6 is 0 Å². The number of benzene rings is 1. The van der Waals surface area contributed by atoms with Gasteiger partial charge in [0.1, 0.15) is 22.4 Å². The molecular weight excluding hydrogens is 272 g/mol. The molecule has 19 heavy (non-hydrogen) atoms. The molecule has 0 saturated heterocycles. The molecule has 0 spiro atoms. The third kappa shape index (κ3) is 2.98. The lowest BCUT2D eigenvalue weighted by atomic mass is 10.3. The zero-order chi connectivity index (χ0) is 14.0. The van der Waals surface area contributed by atoms with E-state index in [-0.39, 0.29) is 11.4 Å². The van der Waals surface area contributed by atoms with E-state index in [1.165, 1.54) is 0 Å². The lowest BCUT2D eigenvalue weighted by Crippen LogP contribution is -2.11. The van der Waals surface area contributed by atoms with Crippen LogP contribution in [0.5, 0.6) is 0 Å². The van der Waals surface area contributed by atoms with E-state index >= 15 is 0 Å². The van der Waals surface area contributed by atoms with Gasteiger partial charge < -0.3 is 10.3 Å². The molecule has 0 aliphatic rings. The Bertz CT molecular complexity index is 604. The van der Waals surface area contributed by atoms with Crippen LogP contribution in [0.2, 0.25) is 0 Å². The molecular formula is C12H13F2N3OS. The third-order valence-corrected chi connectivity index (χ3v) is 4.09. The first-order valence-electron chi connectivity index (χ1n) is 5.59. The summed E-state index contributed by atoms with van der Waals surface area (Å²) in [5, 5.41) is 0. The Morgan fingerprint density at radius 2 is 2.00 bits per heavy atom. The summed E-state index contributed by atoms with van der Waals surface area (Å²) in [6.07, 6.45) is 3.34. The van der Waals surface area contributed by atoms with Crippen molar-refractivity contribution < 1.29 is 13.0 Å². The van der Waals surface area contributed by atoms with Gasteiger partial charge in [-0.25, -0.2) is 13.8 Å². The van der Waals surface area contributed by atoms with E-state index in [1.807, 2.05) is 0 Å². The second-order valence-corrected chi connectivity index (χ2v) is 5.54. The lowest BCUT2D eigenvalue weighted by Gasteiger charge is -2.08. The van der Waals surface area contributed by atoms with Crippen molar-refractivity contribution in [2.45, 2.75) is 18.4 Å². The van der Waals surface area contributed by atoms with Gasteiger partial charge in [-0.3, -0.25) is 4.21 Å². The molecule has 2 aromatic rings. The molecule has 1 atom stereocenters. The minimum absolute atomic E-state index is 0.0267. The van der Waals surface area contributed by atoms with Crippen LogP contribution in [0.15, 0.2) is 29.4 Å². The van der Waals surface area contributed by atoms with Gasteiger partial charge in [0, 0.05) is 30.4 Å². The van der Waals surface area contributed by atoms with Crippen LogP contribution in [0, 0.1) is 18.6 Å². The molecule has 4 nitrogen and oxygen atoms in total. The van der Waals surface area contributed by atoms with Gasteiger partial charge in [-0.15, -0.1) is 0 Å².